The van der Waals surface area contributed by atoms with Crippen LogP contribution in [0.5, 0.6) is 0 Å². The summed E-state index contributed by atoms with van der Waals surface area (Å²) < 4.78 is 41.8. The lowest BCUT2D eigenvalue weighted by atomic mass is 9.93. The highest BCUT2D eigenvalue weighted by molar-refractivity contribution is 5.89. The van der Waals surface area contributed by atoms with E-state index in [9.17, 15) is 69.3 Å². The Bertz CT molecular complexity index is 1700. The van der Waals surface area contributed by atoms with Crippen LogP contribution < -0.4 is 37.6 Å². The van der Waals surface area contributed by atoms with Crippen molar-refractivity contribution in [2.45, 2.75) is 177 Å². The lowest BCUT2D eigenvalue weighted by molar-refractivity contribution is -0.356. The van der Waals surface area contributed by atoms with Crippen molar-refractivity contribution in [1.82, 2.24) is 31.9 Å². The Kier molecular flexibility index (Phi) is 24.4. The maximum absolute atomic E-state index is 13.8. The number of carbonyl (C=O) groups excluding carboxylic acids is 6. The van der Waals surface area contributed by atoms with E-state index >= 15 is 0 Å². The number of nitrogens with two attached hydrogens (primary N) is 1. The van der Waals surface area contributed by atoms with E-state index in [1.54, 1.807) is 0 Å². The molecule has 69 heavy (non-hydrogen) atoms. The van der Waals surface area contributed by atoms with Crippen LogP contribution in [0.15, 0.2) is 0 Å². The molecule has 0 saturated carbocycles. The molecule has 28 nitrogen and oxygen atoms in total. The van der Waals surface area contributed by atoms with E-state index < -0.39 is 171 Å². The summed E-state index contributed by atoms with van der Waals surface area (Å²) in [6.07, 6.45) is -19.8. The number of hydrogen-bond acceptors (Lipinski definition) is 21. The Morgan fingerprint density at radius 3 is 1.71 bits per heavy atom. The maximum Gasteiger partial charge on any atom is 0.326 e. The highest BCUT2D eigenvalue weighted by Gasteiger charge is 2.56. The number of ether oxygens (including phenoxy) is 7. The van der Waals surface area contributed by atoms with Crippen LogP contribution in [-0.2, 0) is 66.7 Å². The van der Waals surface area contributed by atoms with Gasteiger partial charge in [0.1, 0.15) is 91.2 Å². The fourth-order valence-electron chi connectivity index (χ4n) is 7.93. The Labute approximate surface area is 397 Å². The van der Waals surface area contributed by atoms with E-state index in [2.05, 4.69) is 31.9 Å². The Hall–Kier alpha value is -4.27. The van der Waals surface area contributed by atoms with Crippen LogP contribution in [0.1, 0.15) is 66.7 Å². The third-order valence-corrected chi connectivity index (χ3v) is 11.4. The molecular formula is C41H71N7O21. The van der Waals surface area contributed by atoms with Gasteiger partial charge in [-0.3, -0.25) is 28.8 Å². The SMILES string of the molecule is CO[C@@H]1O[C@H](CO)[C@@H](O[C@@H]2O[C@H](CO)[C@@H](O[C@@H]3O[C@H](CO)[C@@H](O)[C@H](O)[C@H]3NC(C)=O)[C@H](O[C@H](C)C(=O)N[C@@H](C)C(=O)NCCCC(=O)N[C@@H](CCCCN)C(=O)O)[C@H]2NC(C)=O)[C@H](O)[C@H]1NC(C)=O. The first kappa shape index (κ1) is 59.0. The van der Waals surface area contributed by atoms with Gasteiger partial charge >= 0.3 is 5.97 Å². The second kappa shape index (κ2) is 28.5. The minimum absolute atomic E-state index is 0.0337. The Morgan fingerprint density at radius 1 is 0.638 bits per heavy atom. The van der Waals surface area contributed by atoms with Crippen LogP contribution in [0.4, 0.5) is 0 Å². The van der Waals surface area contributed by atoms with Gasteiger partial charge < -0.3 is 107 Å². The first-order valence-electron chi connectivity index (χ1n) is 22.6. The number of carboxylic acids is 1. The third-order valence-electron chi connectivity index (χ3n) is 11.4. The number of aliphatic carboxylic acids is 1. The molecule has 3 saturated heterocycles. The normalized spacial score (nSPS) is 32.6. The molecule has 3 rings (SSSR count). The highest BCUT2D eigenvalue weighted by atomic mass is 16.8. The number of aliphatic hydroxyl groups is 6. The summed E-state index contributed by atoms with van der Waals surface area (Å²) in [4.78, 5) is 88.1. The molecule has 3 fully saturated rings. The number of unbranched alkanes of at least 4 members (excludes halogenated alkanes) is 1. The number of methoxy groups -OCH3 is 1. The van der Waals surface area contributed by atoms with Gasteiger partial charge in [0.15, 0.2) is 18.9 Å². The third kappa shape index (κ3) is 16.9. The second-order valence-electron chi connectivity index (χ2n) is 16.9. The molecule has 0 unspecified atom stereocenters. The number of nitrogens with one attached hydrogen (secondary N) is 6. The fraction of sp³-hybridized carbons (Fsp3) is 0.829. The minimum Gasteiger partial charge on any atom is -0.480 e. The molecule has 18 atom stereocenters. The number of hydrogen-bond donors (Lipinski definition) is 14. The summed E-state index contributed by atoms with van der Waals surface area (Å²) in [6.45, 7) is 3.71. The van der Waals surface area contributed by atoms with Crippen LogP contribution in [0.2, 0.25) is 0 Å². The molecule has 0 aromatic heterocycles. The van der Waals surface area contributed by atoms with Crippen molar-refractivity contribution in [3.8, 4) is 0 Å². The zero-order valence-corrected chi connectivity index (χ0v) is 39.4. The molecule has 6 amide bonds. The summed E-state index contributed by atoms with van der Waals surface area (Å²) in [7, 11) is 1.23. The van der Waals surface area contributed by atoms with Gasteiger partial charge in [0.2, 0.25) is 35.4 Å². The van der Waals surface area contributed by atoms with Crippen molar-refractivity contribution in [3.63, 3.8) is 0 Å². The first-order chi connectivity index (χ1) is 32.6. The van der Waals surface area contributed by atoms with Gasteiger partial charge in [0.25, 0.3) is 0 Å². The van der Waals surface area contributed by atoms with Gasteiger partial charge in [-0.15, -0.1) is 0 Å². The van der Waals surface area contributed by atoms with E-state index in [0.29, 0.717) is 19.4 Å². The van der Waals surface area contributed by atoms with E-state index in [4.69, 9.17) is 38.9 Å². The standard InChI is InChI=1S/C41H71N7O21/c1-17(36(59)43-13-9-11-26(55)48-22(38(61)62)10-7-8-12-42)44-37(60)18(2)64-35-29(47-21(5)54)41(68-33-24(15-50)66-39(63-6)28(32(33)58)46-20(4)53)67-25(16-51)34(35)69-40-27(45-19(3)52)31(57)30(56)23(14-49)65-40/h17-18,22-25,27-35,39-41,49-51,56-58H,7-16,42H2,1-6H3,(H,43,59)(H,44,60)(H,45,52)(H,46,53)(H,47,54)(H,48,55)(H,61,62)/t17-,18+,22-,23+,24+,25+,27+,28+,29+,30+,31+,32+,33+,34+,35+,39+,40-,41-/m0/s1. The molecule has 0 aromatic carbocycles. The van der Waals surface area contributed by atoms with E-state index in [-0.39, 0.29) is 25.8 Å². The van der Waals surface area contributed by atoms with Gasteiger partial charge in [0.05, 0.1) is 19.8 Å². The summed E-state index contributed by atoms with van der Waals surface area (Å²) >= 11 is 0. The average Bonchev–Trinajstić information content (AvgIpc) is 3.29. The lowest BCUT2D eigenvalue weighted by Gasteiger charge is -2.51. The van der Waals surface area contributed by atoms with Crippen molar-refractivity contribution in [3.05, 3.63) is 0 Å². The molecule has 396 valence electrons. The molecule has 0 aliphatic carbocycles. The zero-order valence-electron chi connectivity index (χ0n) is 39.4. The van der Waals surface area contributed by atoms with Crippen LogP contribution in [0.25, 0.3) is 0 Å². The molecule has 0 aromatic rings. The van der Waals surface area contributed by atoms with Crippen molar-refractivity contribution in [2.75, 3.05) is 40.0 Å². The fourth-order valence-corrected chi connectivity index (χ4v) is 7.93. The largest absolute Gasteiger partial charge is 0.480 e. The summed E-state index contributed by atoms with van der Waals surface area (Å²) in [5.41, 5.74) is 5.46. The predicted octanol–water partition coefficient (Wildman–Crippen LogP) is -6.98. The van der Waals surface area contributed by atoms with Gasteiger partial charge in [-0.05, 0) is 46.1 Å². The number of amides is 6. The van der Waals surface area contributed by atoms with E-state index in [1.165, 1.54) is 21.0 Å². The lowest BCUT2D eigenvalue weighted by Crippen LogP contribution is -2.71. The summed E-state index contributed by atoms with van der Waals surface area (Å²) in [5.74, 6) is -5.41. The highest BCUT2D eigenvalue weighted by Crippen LogP contribution is 2.34. The van der Waals surface area contributed by atoms with Crippen LogP contribution in [0.3, 0.4) is 0 Å². The Balaban J connectivity index is 1.92. The monoisotopic (exact) mass is 997 g/mol. The Morgan fingerprint density at radius 2 is 1.16 bits per heavy atom. The molecule has 3 aliphatic heterocycles. The molecule has 3 aliphatic rings. The molecular weight excluding hydrogens is 926 g/mol. The van der Waals surface area contributed by atoms with Gasteiger partial charge in [0, 0.05) is 40.8 Å². The maximum atomic E-state index is 13.8. The smallest absolute Gasteiger partial charge is 0.326 e. The zero-order chi connectivity index (χ0) is 51.7. The van der Waals surface area contributed by atoms with Crippen LogP contribution in [-0.4, -0.2) is 227 Å². The second-order valence-corrected chi connectivity index (χ2v) is 16.9. The van der Waals surface area contributed by atoms with E-state index in [1.807, 2.05) is 0 Å². The molecule has 15 N–H and O–H groups in total. The quantitative estimate of drug-likeness (QED) is 0.0358. The van der Waals surface area contributed by atoms with Crippen molar-refractivity contribution in [2.24, 2.45) is 5.73 Å². The average molecular weight is 998 g/mol. The van der Waals surface area contributed by atoms with Crippen molar-refractivity contribution >= 4 is 41.4 Å². The summed E-state index contributed by atoms with van der Waals surface area (Å²) in [5, 5.41) is 88.8. The molecule has 0 bridgehead atoms. The topological polar surface area (TPSA) is 424 Å². The van der Waals surface area contributed by atoms with E-state index in [0.717, 1.165) is 20.8 Å². The molecule has 28 heteroatoms. The minimum atomic E-state index is -1.81. The van der Waals surface area contributed by atoms with Crippen molar-refractivity contribution < 1.29 is 102 Å². The van der Waals surface area contributed by atoms with Crippen LogP contribution in [0, 0.1) is 0 Å². The number of carboxylic acid groups (broad SMARTS) is 1. The van der Waals surface area contributed by atoms with Gasteiger partial charge in [-0.2, -0.15) is 0 Å². The molecule has 0 radical (unpaired) electrons. The molecule has 0 spiro atoms. The number of carbonyl (C=O) groups is 7. The number of rotatable bonds is 26. The first-order valence-corrected chi connectivity index (χ1v) is 22.6. The predicted molar refractivity (Wildman–Crippen MR) is 231 cm³/mol. The molecule has 3 heterocycles. The van der Waals surface area contributed by atoms with Crippen LogP contribution >= 0.6 is 0 Å². The van der Waals surface area contributed by atoms with Gasteiger partial charge in [-0.25, -0.2) is 4.79 Å². The van der Waals surface area contributed by atoms with Crippen molar-refractivity contribution in [1.29, 1.82) is 0 Å². The summed E-state index contributed by atoms with van der Waals surface area (Å²) in [6, 6.07) is -6.76. The van der Waals surface area contributed by atoms with Gasteiger partial charge in [-0.1, -0.05) is 0 Å². The number of aliphatic hydroxyl groups excluding tert-OH is 6.